The van der Waals surface area contributed by atoms with Gasteiger partial charge in [-0.3, -0.25) is 9.59 Å². The summed E-state index contributed by atoms with van der Waals surface area (Å²) in [5, 5.41) is 8.27. The number of carboxylic acid groups (broad SMARTS) is 1. The van der Waals surface area contributed by atoms with Crippen LogP contribution in [-0.2, 0) is 9.59 Å². The second-order valence-corrected chi connectivity index (χ2v) is 1.93. The molecule has 0 bridgehead atoms. The zero-order valence-electron chi connectivity index (χ0n) is 6.13. The topological polar surface area (TPSA) is 57.6 Å². The lowest BCUT2D eigenvalue weighted by Crippen LogP contribution is -2.33. The first-order valence-corrected chi connectivity index (χ1v) is 3.05. The van der Waals surface area contributed by atoms with Crippen LogP contribution in [0.25, 0.3) is 0 Å². The molecule has 0 heterocycles. The summed E-state index contributed by atoms with van der Waals surface area (Å²) in [7, 11) is 0. The first-order valence-electron chi connectivity index (χ1n) is 3.05. The zero-order chi connectivity index (χ0) is 8.15. The Morgan fingerprint density at radius 2 is 2.00 bits per heavy atom. The molecule has 0 aromatic heterocycles. The Morgan fingerprint density at radius 3 is 2.10 bits per heavy atom. The Bertz CT molecular complexity index is 144. The molecule has 58 valence electrons. The van der Waals surface area contributed by atoms with Gasteiger partial charge in [-0.25, -0.2) is 0 Å². The number of hydrogen-bond acceptors (Lipinski definition) is 2. The van der Waals surface area contributed by atoms with Gasteiger partial charge in [0.2, 0.25) is 5.91 Å². The first kappa shape index (κ1) is 8.94. The minimum Gasteiger partial charge on any atom is -0.480 e. The standard InChI is InChI=1S/C6H11NO3/c1-3-7(5(2)8)4-6(9)10/h3-4H2,1-2H3,(H,9,10). The third kappa shape index (κ3) is 3.06. The van der Waals surface area contributed by atoms with Crippen LogP contribution in [0, 0.1) is 0 Å². The molecule has 0 aliphatic carbocycles. The predicted octanol–water partition coefficient (Wildman–Crippen LogP) is -0.0606. The summed E-state index contributed by atoms with van der Waals surface area (Å²) in [6, 6.07) is 0. The van der Waals surface area contributed by atoms with Gasteiger partial charge in [0.15, 0.2) is 0 Å². The molecular formula is C6H11NO3. The van der Waals surface area contributed by atoms with Gasteiger partial charge in [0.25, 0.3) is 0 Å². The highest BCUT2D eigenvalue weighted by Crippen LogP contribution is 1.86. The molecule has 0 aromatic rings. The van der Waals surface area contributed by atoms with E-state index in [1.807, 2.05) is 0 Å². The Labute approximate surface area is 59.4 Å². The monoisotopic (exact) mass is 145 g/mol. The van der Waals surface area contributed by atoms with E-state index >= 15 is 0 Å². The number of aliphatic carboxylic acids is 1. The Morgan fingerprint density at radius 1 is 1.50 bits per heavy atom. The fourth-order valence-corrected chi connectivity index (χ4v) is 0.609. The van der Waals surface area contributed by atoms with E-state index in [0.717, 1.165) is 0 Å². The summed E-state index contributed by atoms with van der Waals surface area (Å²) in [6.45, 7) is 3.34. The molecule has 0 aromatic carbocycles. The molecule has 0 aliphatic rings. The van der Waals surface area contributed by atoms with E-state index in [0.29, 0.717) is 6.54 Å². The molecule has 0 radical (unpaired) electrons. The normalized spacial score (nSPS) is 9.00. The lowest BCUT2D eigenvalue weighted by molar-refractivity contribution is -0.143. The fourth-order valence-electron chi connectivity index (χ4n) is 0.609. The third-order valence-electron chi connectivity index (χ3n) is 1.15. The summed E-state index contributed by atoms with van der Waals surface area (Å²) in [4.78, 5) is 21.9. The molecule has 4 nitrogen and oxygen atoms in total. The summed E-state index contributed by atoms with van der Waals surface area (Å²) in [6.07, 6.45) is 0. The maximum absolute atomic E-state index is 10.6. The van der Waals surface area contributed by atoms with E-state index in [1.54, 1.807) is 6.92 Å². The Hall–Kier alpha value is -1.06. The van der Waals surface area contributed by atoms with Gasteiger partial charge < -0.3 is 10.0 Å². The molecule has 10 heavy (non-hydrogen) atoms. The van der Waals surface area contributed by atoms with Gasteiger partial charge in [-0.15, -0.1) is 0 Å². The van der Waals surface area contributed by atoms with Gasteiger partial charge in [0.05, 0.1) is 0 Å². The van der Waals surface area contributed by atoms with Crippen molar-refractivity contribution in [2.75, 3.05) is 13.1 Å². The number of hydrogen-bond donors (Lipinski definition) is 1. The largest absolute Gasteiger partial charge is 0.480 e. The summed E-state index contributed by atoms with van der Waals surface area (Å²) >= 11 is 0. The van der Waals surface area contributed by atoms with Gasteiger partial charge in [-0.2, -0.15) is 0 Å². The minimum atomic E-state index is -0.975. The van der Waals surface area contributed by atoms with E-state index in [-0.39, 0.29) is 12.5 Å². The molecule has 0 unspecified atom stereocenters. The van der Waals surface area contributed by atoms with Crippen LogP contribution in [0.5, 0.6) is 0 Å². The number of nitrogens with zero attached hydrogens (tertiary/aromatic N) is 1. The second-order valence-electron chi connectivity index (χ2n) is 1.93. The third-order valence-corrected chi connectivity index (χ3v) is 1.15. The highest BCUT2D eigenvalue weighted by atomic mass is 16.4. The van der Waals surface area contributed by atoms with E-state index in [9.17, 15) is 9.59 Å². The molecule has 4 heteroatoms. The van der Waals surface area contributed by atoms with E-state index < -0.39 is 5.97 Å². The van der Waals surface area contributed by atoms with Crippen LogP contribution in [0.15, 0.2) is 0 Å². The van der Waals surface area contributed by atoms with Gasteiger partial charge in [-0.1, -0.05) is 0 Å². The van der Waals surface area contributed by atoms with Crippen molar-refractivity contribution in [3.8, 4) is 0 Å². The smallest absolute Gasteiger partial charge is 0.323 e. The molecule has 0 fully saturated rings. The van der Waals surface area contributed by atoms with Crippen LogP contribution in [0.2, 0.25) is 0 Å². The van der Waals surface area contributed by atoms with Crippen molar-refractivity contribution in [3.63, 3.8) is 0 Å². The number of carbonyl (C=O) groups is 2. The molecule has 0 atom stereocenters. The molecule has 0 saturated carbocycles. The van der Waals surface area contributed by atoms with E-state index in [1.165, 1.54) is 11.8 Å². The average Bonchev–Trinajstić information content (AvgIpc) is 1.81. The number of rotatable bonds is 3. The lowest BCUT2D eigenvalue weighted by Gasteiger charge is -2.14. The quantitative estimate of drug-likeness (QED) is 0.605. The molecule has 1 N–H and O–H groups in total. The van der Waals surface area contributed by atoms with Crippen LogP contribution in [0.1, 0.15) is 13.8 Å². The lowest BCUT2D eigenvalue weighted by atomic mass is 10.5. The van der Waals surface area contributed by atoms with Crippen LogP contribution < -0.4 is 0 Å². The van der Waals surface area contributed by atoms with Crippen molar-refractivity contribution in [1.29, 1.82) is 0 Å². The SMILES string of the molecule is CCN(CC(=O)O)C(C)=O. The highest BCUT2D eigenvalue weighted by molar-refractivity contribution is 5.79. The maximum Gasteiger partial charge on any atom is 0.323 e. The van der Waals surface area contributed by atoms with Crippen molar-refractivity contribution >= 4 is 11.9 Å². The zero-order valence-corrected chi connectivity index (χ0v) is 6.13. The number of carbonyl (C=O) groups excluding carboxylic acids is 1. The van der Waals surface area contributed by atoms with Crippen LogP contribution in [-0.4, -0.2) is 35.0 Å². The number of carboxylic acids is 1. The Kier molecular flexibility index (Phi) is 3.46. The summed E-state index contributed by atoms with van der Waals surface area (Å²) in [5.41, 5.74) is 0. The summed E-state index contributed by atoms with van der Waals surface area (Å²) in [5.74, 6) is -1.18. The van der Waals surface area contributed by atoms with Crippen LogP contribution in [0.3, 0.4) is 0 Å². The molecule has 0 aliphatic heterocycles. The van der Waals surface area contributed by atoms with Gasteiger partial charge in [0.1, 0.15) is 6.54 Å². The molecule has 1 amide bonds. The minimum absolute atomic E-state index is 0.203. The summed E-state index contributed by atoms with van der Waals surface area (Å²) < 4.78 is 0. The van der Waals surface area contributed by atoms with Crippen LogP contribution in [0.4, 0.5) is 0 Å². The van der Waals surface area contributed by atoms with Crippen LogP contribution >= 0.6 is 0 Å². The fraction of sp³-hybridized carbons (Fsp3) is 0.667. The van der Waals surface area contributed by atoms with E-state index in [4.69, 9.17) is 5.11 Å². The average molecular weight is 145 g/mol. The second kappa shape index (κ2) is 3.87. The molecule has 0 rings (SSSR count). The highest BCUT2D eigenvalue weighted by Gasteiger charge is 2.08. The predicted molar refractivity (Wildman–Crippen MR) is 35.6 cm³/mol. The van der Waals surface area contributed by atoms with Crippen molar-refractivity contribution < 1.29 is 14.7 Å². The van der Waals surface area contributed by atoms with Gasteiger partial charge in [-0.05, 0) is 6.92 Å². The first-order chi connectivity index (χ1) is 4.57. The van der Waals surface area contributed by atoms with Gasteiger partial charge >= 0.3 is 5.97 Å². The van der Waals surface area contributed by atoms with Crippen molar-refractivity contribution in [2.45, 2.75) is 13.8 Å². The molecular weight excluding hydrogens is 134 g/mol. The molecule has 0 spiro atoms. The van der Waals surface area contributed by atoms with E-state index in [2.05, 4.69) is 0 Å². The van der Waals surface area contributed by atoms with Crippen molar-refractivity contribution in [1.82, 2.24) is 4.90 Å². The maximum atomic E-state index is 10.6. The van der Waals surface area contributed by atoms with Crippen molar-refractivity contribution in [2.24, 2.45) is 0 Å². The Balaban J connectivity index is 3.83. The van der Waals surface area contributed by atoms with Gasteiger partial charge in [0, 0.05) is 13.5 Å². The van der Waals surface area contributed by atoms with Crippen molar-refractivity contribution in [3.05, 3.63) is 0 Å². The number of amides is 1. The molecule has 0 saturated heterocycles. The number of likely N-dealkylation sites (N-methyl/N-ethyl adjacent to an activating group) is 1.